The number of rotatable bonds is 9. The van der Waals surface area contributed by atoms with E-state index in [-0.39, 0.29) is 29.6 Å². The second-order valence-corrected chi connectivity index (χ2v) is 11.6. The first-order valence-corrected chi connectivity index (χ1v) is 14.8. The molecule has 0 unspecified atom stereocenters. The van der Waals surface area contributed by atoms with E-state index in [4.69, 9.17) is 0 Å². The Kier molecular flexibility index (Phi) is 9.20. The van der Waals surface area contributed by atoms with Gasteiger partial charge in [-0.15, -0.1) is 11.8 Å². The summed E-state index contributed by atoms with van der Waals surface area (Å²) in [5, 5.41) is 15.8. The van der Waals surface area contributed by atoms with Crippen LogP contribution in [0.2, 0.25) is 0 Å². The standard InChI is InChI=1S/C34H28N4O6S/c1-21-8-6-9-22(2)31(21)37-30(39)20-29(34(37)42)45-27-13-7-12-25(19-27)35-33(41)28(36-32(40)24-10-4-3-5-11-24)18-23-14-16-26(17-15-23)38(43)44/h3-19,29H,20H2,1-2H3,(H,35,41)(H,36,40)/b28-18-/t29-/m0/s1. The topological polar surface area (TPSA) is 139 Å². The lowest BCUT2D eigenvalue weighted by Crippen LogP contribution is -2.32. The van der Waals surface area contributed by atoms with Crippen LogP contribution in [-0.4, -0.2) is 33.8 Å². The fraction of sp³-hybridized carbons (Fsp3) is 0.118. The fourth-order valence-electron chi connectivity index (χ4n) is 4.90. The number of nitro benzene ring substituents is 1. The maximum absolute atomic E-state index is 13.5. The van der Waals surface area contributed by atoms with Gasteiger partial charge in [0, 0.05) is 34.7 Å². The molecule has 2 N–H and O–H groups in total. The van der Waals surface area contributed by atoms with Crippen LogP contribution in [-0.2, 0) is 14.4 Å². The van der Waals surface area contributed by atoms with Crippen molar-refractivity contribution in [2.24, 2.45) is 0 Å². The smallest absolute Gasteiger partial charge is 0.272 e. The first-order chi connectivity index (χ1) is 21.6. The summed E-state index contributed by atoms with van der Waals surface area (Å²) in [5.41, 5.74) is 3.29. The van der Waals surface area contributed by atoms with Crippen LogP contribution in [0.15, 0.2) is 108 Å². The summed E-state index contributed by atoms with van der Waals surface area (Å²) >= 11 is 1.23. The van der Waals surface area contributed by atoms with Gasteiger partial charge in [-0.25, -0.2) is 4.90 Å². The normalized spacial score (nSPS) is 14.8. The molecule has 1 aliphatic heterocycles. The van der Waals surface area contributed by atoms with Gasteiger partial charge in [-0.05, 0) is 79.1 Å². The Morgan fingerprint density at radius 3 is 2.24 bits per heavy atom. The van der Waals surface area contributed by atoms with E-state index in [9.17, 15) is 29.3 Å². The Hall–Kier alpha value is -5.55. The van der Waals surface area contributed by atoms with Crippen LogP contribution in [0.1, 0.15) is 33.5 Å². The molecule has 5 rings (SSSR count). The summed E-state index contributed by atoms with van der Waals surface area (Å²) in [6, 6.07) is 26.4. The highest BCUT2D eigenvalue weighted by Crippen LogP contribution is 2.37. The SMILES string of the molecule is Cc1cccc(C)c1N1C(=O)C[C@H](Sc2cccc(NC(=O)/C(=C/c3ccc([N+](=O)[O-])cc3)NC(=O)c3ccccc3)c2)C1=O. The molecule has 0 saturated carbocycles. The minimum atomic E-state index is -0.634. The zero-order chi connectivity index (χ0) is 32.1. The lowest BCUT2D eigenvalue weighted by molar-refractivity contribution is -0.384. The molecule has 0 radical (unpaired) electrons. The van der Waals surface area contributed by atoms with Crippen molar-refractivity contribution >= 4 is 58.5 Å². The monoisotopic (exact) mass is 620 g/mol. The summed E-state index contributed by atoms with van der Waals surface area (Å²) in [5.74, 6) is -1.71. The van der Waals surface area contributed by atoms with Crippen molar-refractivity contribution in [1.82, 2.24) is 5.32 Å². The number of aryl methyl sites for hydroxylation is 2. The number of para-hydroxylation sites is 1. The number of hydrogen-bond donors (Lipinski definition) is 2. The number of nitrogens with one attached hydrogen (secondary N) is 2. The lowest BCUT2D eigenvalue weighted by atomic mass is 10.1. The average Bonchev–Trinajstić information content (AvgIpc) is 3.29. The molecule has 1 fully saturated rings. The molecule has 11 heteroatoms. The largest absolute Gasteiger partial charge is 0.321 e. The molecule has 1 atom stereocenters. The molecule has 4 aromatic carbocycles. The van der Waals surface area contributed by atoms with Crippen LogP contribution in [0.5, 0.6) is 0 Å². The van der Waals surface area contributed by atoms with Gasteiger partial charge in [-0.1, -0.05) is 42.5 Å². The number of nitro groups is 1. The predicted molar refractivity (Wildman–Crippen MR) is 173 cm³/mol. The number of anilines is 2. The molecule has 10 nitrogen and oxygen atoms in total. The van der Waals surface area contributed by atoms with E-state index in [1.807, 2.05) is 32.0 Å². The van der Waals surface area contributed by atoms with Crippen molar-refractivity contribution in [2.45, 2.75) is 30.4 Å². The van der Waals surface area contributed by atoms with Crippen LogP contribution in [0.3, 0.4) is 0 Å². The Morgan fingerprint density at radius 1 is 0.911 bits per heavy atom. The highest BCUT2D eigenvalue weighted by atomic mass is 32.2. The first kappa shape index (κ1) is 30.9. The molecule has 0 aromatic heterocycles. The van der Waals surface area contributed by atoms with Gasteiger partial charge in [-0.3, -0.25) is 29.3 Å². The molecule has 1 saturated heterocycles. The van der Waals surface area contributed by atoms with E-state index in [0.717, 1.165) is 11.1 Å². The minimum Gasteiger partial charge on any atom is -0.321 e. The maximum atomic E-state index is 13.5. The van der Waals surface area contributed by atoms with Crippen LogP contribution < -0.4 is 15.5 Å². The molecular weight excluding hydrogens is 592 g/mol. The second kappa shape index (κ2) is 13.4. The van der Waals surface area contributed by atoms with Crippen LogP contribution in [0.25, 0.3) is 6.08 Å². The molecule has 4 aromatic rings. The number of nitrogens with zero attached hydrogens (tertiary/aromatic N) is 2. The van der Waals surface area contributed by atoms with Gasteiger partial charge < -0.3 is 10.6 Å². The van der Waals surface area contributed by atoms with Crippen molar-refractivity contribution in [1.29, 1.82) is 0 Å². The molecular formula is C34H28N4O6S. The number of imide groups is 1. The van der Waals surface area contributed by atoms with E-state index in [1.54, 1.807) is 54.6 Å². The molecule has 0 aliphatic carbocycles. The Bertz CT molecular complexity index is 1820. The molecule has 0 spiro atoms. The number of benzene rings is 4. The fourth-order valence-corrected chi connectivity index (χ4v) is 6.01. The lowest BCUT2D eigenvalue weighted by Gasteiger charge is -2.19. The molecule has 1 aliphatic rings. The van der Waals surface area contributed by atoms with E-state index < -0.39 is 22.0 Å². The van der Waals surface area contributed by atoms with Crippen LogP contribution in [0, 0.1) is 24.0 Å². The van der Waals surface area contributed by atoms with Gasteiger partial charge >= 0.3 is 0 Å². The predicted octanol–water partition coefficient (Wildman–Crippen LogP) is 6.05. The van der Waals surface area contributed by atoms with E-state index in [0.29, 0.717) is 27.4 Å². The van der Waals surface area contributed by atoms with E-state index in [1.165, 1.54) is 47.0 Å². The first-order valence-electron chi connectivity index (χ1n) is 13.9. The maximum Gasteiger partial charge on any atom is 0.272 e. The zero-order valence-electron chi connectivity index (χ0n) is 24.4. The summed E-state index contributed by atoms with van der Waals surface area (Å²) in [4.78, 5) is 65.1. The number of carbonyl (C=O) groups is 4. The second-order valence-electron chi connectivity index (χ2n) is 10.3. The van der Waals surface area contributed by atoms with Crippen molar-refractivity contribution in [3.63, 3.8) is 0 Å². The third-order valence-electron chi connectivity index (χ3n) is 7.08. The Morgan fingerprint density at radius 2 is 1.58 bits per heavy atom. The van der Waals surface area contributed by atoms with Crippen molar-refractivity contribution < 1.29 is 24.1 Å². The van der Waals surface area contributed by atoms with Crippen LogP contribution >= 0.6 is 11.8 Å². The number of amides is 4. The third kappa shape index (κ3) is 7.16. The summed E-state index contributed by atoms with van der Waals surface area (Å²) < 4.78 is 0. The van der Waals surface area contributed by atoms with Gasteiger partial charge in [0.15, 0.2) is 0 Å². The third-order valence-corrected chi connectivity index (χ3v) is 8.26. The van der Waals surface area contributed by atoms with E-state index >= 15 is 0 Å². The van der Waals surface area contributed by atoms with Gasteiger partial charge in [-0.2, -0.15) is 0 Å². The van der Waals surface area contributed by atoms with E-state index in [2.05, 4.69) is 10.6 Å². The summed E-state index contributed by atoms with van der Waals surface area (Å²) in [6.45, 7) is 3.73. The van der Waals surface area contributed by atoms with Gasteiger partial charge in [0.1, 0.15) is 5.70 Å². The highest BCUT2D eigenvalue weighted by Gasteiger charge is 2.41. The summed E-state index contributed by atoms with van der Waals surface area (Å²) in [7, 11) is 0. The number of hydrogen-bond acceptors (Lipinski definition) is 7. The van der Waals surface area contributed by atoms with Gasteiger partial charge in [0.05, 0.1) is 15.9 Å². The molecule has 45 heavy (non-hydrogen) atoms. The van der Waals surface area contributed by atoms with Crippen molar-refractivity contribution in [2.75, 3.05) is 10.2 Å². The molecule has 0 bridgehead atoms. The quantitative estimate of drug-likeness (QED) is 0.101. The van der Waals surface area contributed by atoms with Gasteiger partial charge in [0.2, 0.25) is 11.8 Å². The van der Waals surface area contributed by atoms with Crippen molar-refractivity contribution in [3.8, 4) is 0 Å². The Balaban J connectivity index is 1.35. The zero-order valence-corrected chi connectivity index (χ0v) is 25.2. The Labute approximate surface area is 263 Å². The molecule has 4 amide bonds. The number of carbonyl (C=O) groups excluding carboxylic acids is 4. The average molecular weight is 621 g/mol. The minimum absolute atomic E-state index is 0.0432. The molecule has 226 valence electrons. The summed E-state index contributed by atoms with van der Waals surface area (Å²) in [6.07, 6.45) is 1.46. The molecule has 1 heterocycles. The highest BCUT2D eigenvalue weighted by molar-refractivity contribution is 8.00. The number of thioether (sulfide) groups is 1. The van der Waals surface area contributed by atoms with Crippen molar-refractivity contribution in [3.05, 3.63) is 135 Å². The van der Waals surface area contributed by atoms with Gasteiger partial charge in [0.25, 0.3) is 17.5 Å². The van der Waals surface area contributed by atoms with Crippen LogP contribution in [0.4, 0.5) is 17.1 Å². The number of non-ortho nitro benzene ring substituents is 1.